The summed E-state index contributed by atoms with van der Waals surface area (Å²) in [5.41, 5.74) is 0. The molecule has 4 heteroatoms. The van der Waals surface area contributed by atoms with Crippen LogP contribution in [0, 0.1) is 3.57 Å². The minimum absolute atomic E-state index is 0.327. The van der Waals surface area contributed by atoms with Crippen LogP contribution in [0.5, 0.6) is 5.75 Å². The van der Waals surface area contributed by atoms with Gasteiger partial charge in [-0.2, -0.15) is 0 Å². The van der Waals surface area contributed by atoms with Crippen LogP contribution in [-0.2, 0) is 0 Å². The molecule has 1 unspecified atom stereocenters. The highest BCUT2D eigenvalue weighted by atomic mass is 127. The van der Waals surface area contributed by atoms with Gasteiger partial charge in [0, 0.05) is 10.1 Å². The molecule has 0 spiro atoms. The van der Waals surface area contributed by atoms with E-state index < -0.39 is 6.10 Å². The summed E-state index contributed by atoms with van der Waals surface area (Å²) in [4.78, 5) is 0. The number of rotatable bonds is 6. The zero-order valence-electron chi connectivity index (χ0n) is 8.74. The second-order valence-electron chi connectivity index (χ2n) is 3.23. The first kappa shape index (κ1) is 12.7. The van der Waals surface area contributed by atoms with Crippen LogP contribution >= 0.6 is 22.6 Å². The van der Waals surface area contributed by atoms with Crippen molar-refractivity contribution in [2.45, 2.75) is 13.0 Å². The monoisotopic (exact) mass is 321 g/mol. The zero-order valence-corrected chi connectivity index (χ0v) is 10.9. The fourth-order valence-corrected chi connectivity index (χ4v) is 1.45. The van der Waals surface area contributed by atoms with Crippen molar-refractivity contribution < 1.29 is 9.84 Å². The van der Waals surface area contributed by atoms with E-state index in [-0.39, 0.29) is 0 Å². The topological polar surface area (TPSA) is 41.5 Å². The lowest BCUT2D eigenvalue weighted by molar-refractivity contribution is 0.107. The predicted molar refractivity (Wildman–Crippen MR) is 69.2 cm³/mol. The Morgan fingerprint density at radius 3 is 2.67 bits per heavy atom. The molecule has 0 aliphatic heterocycles. The molecule has 0 saturated carbocycles. The van der Waals surface area contributed by atoms with E-state index in [4.69, 9.17) is 4.74 Å². The maximum atomic E-state index is 9.51. The standard InChI is InChI=1S/C11H16INO2/c1-2-13-7-10(14)8-15-11-5-3-9(12)4-6-11/h3-6,10,13-14H,2,7-8H2,1H3. The van der Waals surface area contributed by atoms with Gasteiger partial charge < -0.3 is 15.2 Å². The van der Waals surface area contributed by atoms with Crippen LogP contribution in [0.4, 0.5) is 0 Å². The minimum Gasteiger partial charge on any atom is -0.491 e. The third-order valence-corrected chi connectivity index (χ3v) is 2.61. The number of benzene rings is 1. The average Bonchev–Trinajstić information content (AvgIpc) is 2.25. The maximum absolute atomic E-state index is 9.51. The molecule has 0 bridgehead atoms. The summed E-state index contributed by atoms with van der Waals surface area (Å²) < 4.78 is 6.60. The third-order valence-electron chi connectivity index (χ3n) is 1.89. The average molecular weight is 321 g/mol. The number of hydrogen-bond donors (Lipinski definition) is 2. The fourth-order valence-electron chi connectivity index (χ4n) is 1.09. The van der Waals surface area contributed by atoms with E-state index in [1.54, 1.807) is 0 Å². The number of ether oxygens (including phenoxy) is 1. The molecule has 1 rings (SSSR count). The van der Waals surface area contributed by atoms with Crippen LogP contribution < -0.4 is 10.1 Å². The molecule has 84 valence electrons. The van der Waals surface area contributed by atoms with Gasteiger partial charge in [-0.15, -0.1) is 0 Å². The van der Waals surface area contributed by atoms with Gasteiger partial charge in [0.1, 0.15) is 18.5 Å². The lowest BCUT2D eigenvalue weighted by Gasteiger charge is -2.12. The largest absolute Gasteiger partial charge is 0.491 e. The number of likely N-dealkylation sites (N-methyl/N-ethyl adjacent to an activating group) is 1. The first-order chi connectivity index (χ1) is 7.22. The summed E-state index contributed by atoms with van der Waals surface area (Å²) in [5.74, 6) is 0.797. The van der Waals surface area contributed by atoms with E-state index in [0.29, 0.717) is 13.2 Å². The van der Waals surface area contributed by atoms with E-state index >= 15 is 0 Å². The van der Waals surface area contributed by atoms with Crippen molar-refractivity contribution in [2.24, 2.45) is 0 Å². The molecule has 0 heterocycles. The Morgan fingerprint density at radius 2 is 2.07 bits per heavy atom. The van der Waals surface area contributed by atoms with Crippen molar-refractivity contribution in [3.8, 4) is 5.75 Å². The van der Waals surface area contributed by atoms with Gasteiger partial charge in [-0.1, -0.05) is 6.92 Å². The van der Waals surface area contributed by atoms with Crippen molar-refractivity contribution in [3.63, 3.8) is 0 Å². The lowest BCUT2D eigenvalue weighted by Crippen LogP contribution is -2.31. The van der Waals surface area contributed by atoms with Crippen LogP contribution in [0.25, 0.3) is 0 Å². The summed E-state index contributed by atoms with van der Waals surface area (Å²) in [6, 6.07) is 7.77. The molecule has 1 aromatic carbocycles. The van der Waals surface area contributed by atoms with E-state index in [9.17, 15) is 5.11 Å². The number of hydrogen-bond acceptors (Lipinski definition) is 3. The highest BCUT2D eigenvalue weighted by Gasteiger charge is 2.03. The van der Waals surface area contributed by atoms with Crippen LogP contribution in [0.2, 0.25) is 0 Å². The first-order valence-electron chi connectivity index (χ1n) is 4.99. The summed E-state index contributed by atoms with van der Waals surface area (Å²) in [6.07, 6.45) is -0.454. The maximum Gasteiger partial charge on any atom is 0.119 e. The molecule has 15 heavy (non-hydrogen) atoms. The molecule has 0 amide bonds. The molecular weight excluding hydrogens is 305 g/mol. The van der Waals surface area contributed by atoms with Crippen molar-refractivity contribution in [1.82, 2.24) is 5.32 Å². The van der Waals surface area contributed by atoms with E-state index in [2.05, 4.69) is 27.9 Å². The second-order valence-corrected chi connectivity index (χ2v) is 4.47. The second kappa shape index (κ2) is 7.03. The highest BCUT2D eigenvalue weighted by molar-refractivity contribution is 14.1. The van der Waals surface area contributed by atoms with Gasteiger partial charge in [-0.3, -0.25) is 0 Å². The molecule has 2 N–H and O–H groups in total. The van der Waals surface area contributed by atoms with Crippen LogP contribution in [0.1, 0.15) is 6.92 Å². The molecule has 0 aliphatic carbocycles. The van der Waals surface area contributed by atoms with Gasteiger partial charge in [0.15, 0.2) is 0 Å². The van der Waals surface area contributed by atoms with E-state index in [1.807, 2.05) is 31.2 Å². The third kappa shape index (κ3) is 5.34. The van der Waals surface area contributed by atoms with Gasteiger partial charge in [0.2, 0.25) is 0 Å². The van der Waals surface area contributed by atoms with Gasteiger partial charge >= 0.3 is 0 Å². The number of nitrogens with one attached hydrogen (secondary N) is 1. The fraction of sp³-hybridized carbons (Fsp3) is 0.455. The predicted octanol–water partition coefficient (Wildman–Crippen LogP) is 1.64. The minimum atomic E-state index is -0.454. The Bertz CT molecular complexity index is 276. The van der Waals surface area contributed by atoms with Crippen molar-refractivity contribution >= 4 is 22.6 Å². The zero-order chi connectivity index (χ0) is 11.1. The van der Waals surface area contributed by atoms with Crippen molar-refractivity contribution in [2.75, 3.05) is 19.7 Å². The quantitative estimate of drug-likeness (QED) is 0.783. The van der Waals surface area contributed by atoms with Gasteiger partial charge in [0.05, 0.1) is 0 Å². The van der Waals surface area contributed by atoms with Crippen molar-refractivity contribution in [1.29, 1.82) is 0 Å². The van der Waals surface area contributed by atoms with E-state index in [0.717, 1.165) is 12.3 Å². The first-order valence-corrected chi connectivity index (χ1v) is 6.07. The van der Waals surface area contributed by atoms with Gasteiger partial charge in [0.25, 0.3) is 0 Å². The summed E-state index contributed by atoms with van der Waals surface area (Å²) in [7, 11) is 0. The smallest absolute Gasteiger partial charge is 0.119 e. The lowest BCUT2D eigenvalue weighted by atomic mass is 10.3. The van der Waals surface area contributed by atoms with Gasteiger partial charge in [-0.05, 0) is 53.4 Å². The highest BCUT2D eigenvalue weighted by Crippen LogP contribution is 2.13. The SMILES string of the molecule is CCNCC(O)COc1ccc(I)cc1. The molecule has 3 nitrogen and oxygen atoms in total. The summed E-state index contributed by atoms with van der Waals surface area (Å²) in [5, 5.41) is 12.6. The van der Waals surface area contributed by atoms with Crippen LogP contribution in [0.3, 0.4) is 0 Å². The van der Waals surface area contributed by atoms with Crippen LogP contribution in [0.15, 0.2) is 24.3 Å². The van der Waals surface area contributed by atoms with E-state index in [1.165, 1.54) is 3.57 Å². The normalized spacial score (nSPS) is 12.5. The Morgan fingerprint density at radius 1 is 1.40 bits per heavy atom. The summed E-state index contributed by atoms with van der Waals surface area (Å²) in [6.45, 7) is 3.77. The molecule has 1 aromatic rings. The van der Waals surface area contributed by atoms with Gasteiger partial charge in [-0.25, -0.2) is 0 Å². The number of halogens is 1. The van der Waals surface area contributed by atoms with Crippen molar-refractivity contribution in [3.05, 3.63) is 27.8 Å². The molecular formula is C11H16INO2. The molecule has 0 radical (unpaired) electrons. The molecule has 0 fully saturated rings. The Balaban J connectivity index is 2.27. The molecule has 0 aromatic heterocycles. The number of aliphatic hydroxyl groups is 1. The Kier molecular flexibility index (Phi) is 5.97. The van der Waals surface area contributed by atoms with Crippen LogP contribution in [-0.4, -0.2) is 30.9 Å². The molecule has 1 atom stereocenters. The summed E-state index contributed by atoms with van der Waals surface area (Å²) >= 11 is 2.24. The molecule has 0 saturated heterocycles. The number of aliphatic hydroxyl groups excluding tert-OH is 1. The Hall–Kier alpha value is -0.330. The molecule has 0 aliphatic rings. The Labute approximate surface area is 104 Å².